The Labute approximate surface area is 103 Å². The summed E-state index contributed by atoms with van der Waals surface area (Å²) in [5, 5.41) is 0.395. The van der Waals surface area contributed by atoms with Gasteiger partial charge in [-0.1, -0.05) is 0 Å². The van der Waals surface area contributed by atoms with Crippen LogP contribution in [-0.4, -0.2) is 20.5 Å². The van der Waals surface area contributed by atoms with Gasteiger partial charge in [-0.3, -0.25) is 9.36 Å². The standard InChI is InChI=1S/C9H8F2IN3O/c1-14-2-5(12)7-8(14)13-4-15(9(7)16)3-6(10)11/h2,4,6H,3H2,1H3. The largest absolute Gasteiger partial charge is 0.334 e. The van der Waals surface area contributed by atoms with Crippen molar-refractivity contribution in [3.63, 3.8) is 0 Å². The highest BCUT2D eigenvalue weighted by Gasteiger charge is 2.13. The Morgan fingerprint density at radius 3 is 2.88 bits per heavy atom. The monoisotopic (exact) mass is 339 g/mol. The normalized spacial score (nSPS) is 11.6. The minimum atomic E-state index is -2.56. The van der Waals surface area contributed by atoms with Gasteiger partial charge in [-0.2, -0.15) is 0 Å². The predicted molar refractivity (Wildman–Crippen MR) is 63.7 cm³/mol. The summed E-state index contributed by atoms with van der Waals surface area (Å²) in [6.45, 7) is -0.618. The van der Waals surface area contributed by atoms with Crippen molar-refractivity contribution in [3.8, 4) is 0 Å². The van der Waals surface area contributed by atoms with Crippen molar-refractivity contribution in [2.75, 3.05) is 0 Å². The highest BCUT2D eigenvalue weighted by atomic mass is 127. The third-order valence-electron chi connectivity index (χ3n) is 2.23. The number of rotatable bonds is 2. The minimum Gasteiger partial charge on any atom is -0.334 e. The molecule has 0 bridgehead atoms. The summed E-state index contributed by atoms with van der Waals surface area (Å²) in [5.41, 5.74) is 0.0928. The van der Waals surface area contributed by atoms with E-state index in [0.717, 1.165) is 14.5 Å². The number of aryl methyl sites for hydroxylation is 1. The number of hydrogen-bond donors (Lipinski definition) is 0. The molecule has 0 aliphatic carbocycles. The molecule has 0 atom stereocenters. The van der Waals surface area contributed by atoms with Crippen molar-refractivity contribution >= 4 is 33.6 Å². The van der Waals surface area contributed by atoms with Gasteiger partial charge in [0.1, 0.15) is 12.0 Å². The fourth-order valence-electron chi connectivity index (χ4n) is 1.53. The molecule has 2 aromatic heterocycles. The lowest BCUT2D eigenvalue weighted by atomic mass is 10.4. The van der Waals surface area contributed by atoms with E-state index >= 15 is 0 Å². The number of alkyl halides is 2. The van der Waals surface area contributed by atoms with E-state index in [9.17, 15) is 13.6 Å². The first-order valence-electron chi connectivity index (χ1n) is 4.49. The van der Waals surface area contributed by atoms with Gasteiger partial charge in [0.2, 0.25) is 0 Å². The molecule has 2 aromatic rings. The third-order valence-corrected chi connectivity index (χ3v) is 3.05. The molecule has 86 valence electrons. The average Bonchev–Trinajstić information content (AvgIpc) is 2.46. The molecule has 0 aromatic carbocycles. The van der Waals surface area contributed by atoms with E-state index < -0.39 is 18.5 Å². The van der Waals surface area contributed by atoms with Gasteiger partial charge in [-0.05, 0) is 22.6 Å². The third kappa shape index (κ3) is 1.83. The molecular formula is C9H8F2IN3O. The van der Waals surface area contributed by atoms with Crippen molar-refractivity contribution in [2.45, 2.75) is 13.0 Å². The summed E-state index contributed by atoms with van der Waals surface area (Å²) in [5.74, 6) is 0. The zero-order valence-electron chi connectivity index (χ0n) is 8.32. The molecule has 2 rings (SSSR count). The second-order valence-corrected chi connectivity index (χ2v) is 4.54. The second kappa shape index (κ2) is 4.11. The molecule has 0 radical (unpaired) electrons. The maximum absolute atomic E-state index is 12.2. The smallest absolute Gasteiger partial charge is 0.264 e. The van der Waals surface area contributed by atoms with Crippen molar-refractivity contribution < 1.29 is 8.78 Å². The van der Waals surface area contributed by atoms with Gasteiger partial charge in [0.25, 0.3) is 12.0 Å². The summed E-state index contributed by atoms with van der Waals surface area (Å²) in [6.07, 6.45) is 0.345. The van der Waals surface area contributed by atoms with Gasteiger partial charge in [-0.15, -0.1) is 0 Å². The number of nitrogens with zero attached hydrogens (tertiary/aromatic N) is 3. The Kier molecular flexibility index (Phi) is 2.96. The maximum atomic E-state index is 12.2. The van der Waals surface area contributed by atoms with E-state index in [-0.39, 0.29) is 0 Å². The van der Waals surface area contributed by atoms with Crippen LogP contribution in [0.1, 0.15) is 0 Å². The van der Waals surface area contributed by atoms with Crippen LogP contribution in [0.5, 0.6) is 0 Å². The van der Waals surface area contributed by atoms with Crippen LogP contribution in [0, 0.1) is 3.57 Å². The number of halogens is 3. The van der Waals surface area contributed by atoms with Gasteiger partial charge in [0.05, 0.1) is 11.9 Å². The van der Waals surface area contributed by atoms with Crippen molar-refractivity contribution in [3.05, 3.63) is 26.4 Å². The zero-order chi connectivity index (χ0) is 11.9. The van der Waals surface area contributed by atoms with Gasteiger partial charge in [0, 0.05) is 16.8 Å². The van der Waals surface area contributed by atoms with E-state index in [1.807, 2.05) is 22.6 Å². The summed E-state index contributed by atoms with van der Waals surface area (Å²) < 4.78 is 27.8. The van der Waals surface area contributed by atoms with Crippen LogP contribution in [0.2, 0.25) is 0 Å². The molecule has 7 heteroatoms. The fraction of sp³-hybridized carbons (Fsp3) is 0.333. The second-order valence-electron chi connectivity index (χ2n) is 3.38. The fourth-order valence-corrected chi connectivity index (χ4v) is 2.42. The lowest BCUT2D eigenvalue weighted by Crippen LogP contribution is -2.24. The molecule has 0 aliphatic rings. The Morgan fingerprint density at radius 2 is 2.25 bits per heavy atom. The summed E-state index contributed by atoms with van der Waals surface area (Å²) in [7, 11) is 1.76. The lowest BCUT2D eigenvalue weighted by Gasteiger charge is -2.04. The van der Waals surface area contributed by atoms with E-state index in [1.165, 1.54) is 0 Å². The van der Waals surface area contributed by atoms with Crippen molar-refractivity contribution in [1.82, 2.24) is 14.1 Å². The van der Waals surface area contributed by atoms with Crippen molar-refractivity contribution in [1.29, 1.82) is 0 Å². The van der Waals surface area contributed by atoms with Gasteiger partial charge < -0.3 is 4.57 Å². The lowest BCUT2D eigenvalue weighted by molar-refractivity contribution is 0.125. The van der Waals surface area contributed by atoms with Crippen molar-refractivity contribution in [2.24, 2.45) is 7.05 Å². The molecule has 16 heavy (non-hydrogen) atoms. The minimum absolute atomic E-state index is 0.395. The first-order valence-corrected chi connectivity index (χ1v) is 5.56. The summed E-state index contributed by atoms with van der Waals surface area (Å²) in [6, 6.07) is 0. The number of fused-ring (bicyclic) bond motifs is 1. The van der Waals surface area contributed by atoms with Crippen LogP contribution in [-0.2, 0) is 13.6 Å². The van der Waals surface area contributed by atoms with Gasteiger partial charge in [0.15, 0.2) is 0 Å². The molecule has 0 amide bonds. The Balaban J connectivity index is 2.69. The molecule has 0 saturated heterocycles. The summed E-state index contributed by atoms with van der Waals surface area (Å²) in [4.78, 5) is 15.9. The first kappa shape index (κ1) is 11.5. The van der Waals surface area contributed by atoms with E-state index in [4.69, 9.17) is 0 Å². The Hall–Kier alpha value is -0.990. The predicted octanol–water partition coefficient (Wildman–Crippen LogP) is 1.60. The van der Waals surface area contributed by atoms with E-state index in [1.54, 1.807) is 17.8 Å². The molecule has 0 aliphatic heterocycles. The molecule has 0 N–H and O–H groups in total. The van der Waals surface area contributed by atoms with Crippen LogP contribution < -0.4 is 5.56 Å². The van der Waals surface area contributed by atoms with E-state index in [0.29, 0.717) is 11.0 Å². The van der Waals surface area contributed by atoms with Gasteiger partial charge >= 0.3 is 0 Å². The van der Waals surface area contributed by atoms with Crippen LogP contribution >= 0.6 is 22.6 Å². The average molecular weight is 339 g/mol. The summed E-state index contributed by atoms with van der Waals surface area (Å²) >= 11 is 1.99. The first-order chi connectivity index (χ1) is 7.50. The quantitative estimate of drug-likeness (QED) is 0.780. The number of aromatic nitrogens is 3. The van der Waals surface area contributed by atoms with E-state index in [2.05, 4.69) is 4.98 Å². The molecule has 4 nitrogen and oxygen atoms in total. The molecule has 0 saturated carbocycles. The molecule has 0 spiro atoms. The Bertz CT molecular complexity index is 590. The van der Waals surface area contributed by atoms with Crippen LogP contribution in [0.15, 0.2) is 17.3 Å². The SMILES string of the molecule is Cn1cc(I)c2c(=O)n(CC(F)F)cnc21. The molecule has 0 unspecified atom stereocenters. The highest BCUT2D eigenvalue weighted by molar-refractivity contribution is 14.1. The van der Waals surface area contributed by atoms with Crippen LogP contribution in [0.3, 0.4) is 0 Å². The van der Waals surface area contributed by atoms with Gasteiger partial charge in [-0.25, -0.2) is 13.8 Å². The topological polar surface area (TPSA) is 39.8 Å². The highest BCUT2D eigenvalue weighted by Crippen LogP contribution is 2.16. The Morgan fingerprint density at radius 1 is 1.56 bits per heavy atom. The molecule has 2 heterocycles. The van der Waals surface area contributed by atoms with Crippen LogP contribution in [0.4, 0.5) is 8.78 Å². The molecule has 0 fully saturated rings. The maximum Gasteiger partial charge on any atom is 0.264 e. The van der Waals surface area contributed by atoms with Crippen LogP contribution in [0.25, 0.3) is 11.0 Å². The molecular weight excluding hydrogens is 331 g/mol. The number of hydrogen-bond acceptors (Lipinski definition) is 2. The zero-order valence-corrected chi connectivity index (χ0v) is 10.5.